The highest BCUT2D eigenvalue weighted by Gasteiger charge is 2.45. The van der Waals surface area contributed by atoms with E-state index in [1.165, 1.54) is 0 Å². The highest BCUT2D eigenvalue weighted by Crippen LogP contribution is 2.35. The molecule has 1 rings (SSSR count). The maximum Gasteiger partial charge on any atom is 0.237 e. The first-order valence-corrected chi connectivity index (χ1v) is 3.16. The lowest BCUT2D eigenvalue weighted by atomic mass is 9.68. The van der Waals surface area contributed by atoms with Gasteiger partial charge in [0.2, 0.25) is 5.91 Å². The topological polar surface area (TPSA) is 69.1 Å². The smallest absolute Gasteiger partial charge is 0.237 e. The highest BCUT2D eigenvalue weighted by molar-refractivity contribution is 5.85. The standard InChI is InChI=1S/C6H12N2O/c1-4-2-3-6(4,8)5(7)9/h4H,2-3,8H2,1H3,(H2,7,9)/t4-,6+/m0/s1. The molecule has 3 heteroatoms. The van der Waals surface area contributed by atoms with Crippen LogP contribution in [0.2, 0.25) is 0 Å². The molecule has 2 atom stereocenters. The molecule has 0 unspecified atom stereocenters. The van der Waals surface area contributed by atoms with Gasteiger partial charge in [0, 0.05) is 0 Å². The number of hydrogen-bond acceptors (Lipinski definition) is 2. The van der Waals surface area contributed by atoms with Crippen LogP contribution in [0.4, 0.5) is 0 Å². The lowest BCUT2D eigenvalue weighted by Crippen LogP contribution is -2.62. The second kappa shape index (κ2) is 1.70. The van der Waals surface area contributed by atoms with Crippen molar-refractivity contribution in [3.63, 3.8) is 0 Å². The molecule has 1 fully saturated rings. The summed E-state index contributed by atoms with van der Waals surface area (Å²) in [6.45, 7) is 1.95. The van der Waals surface area contributed by atoms with Crippen molar-refractivity contribution in [3.8, 4) is 0 Å². The van der Waals surface area contributed by atoms with Crippen LogP contribution in [-0.2, 0) is 4.79 Å². The molecule has 3 nitrogen and oxygen atoms in total. The number of amides is 1. The largest absolute Gasteiger partial charge is 0.368 e. The fourth-order valence-electron chi connectivity index (χ4n) is 1.11. The van der Waals surface area contributed by atoms with E-state index in [0.717, 1.165) is 12.8 Å². The average Bonchev–Trinajstić information content (AvgIpc) is 1.82. The van der Waals surface area contributed by atoms with E-state index in [4.69, 9.17) is 11.5 Å². The second-order valence-electron chi connectivity index (χ2n) is 2.84. The van der Waals surface area contributed by atoms with Crippen LogP contribution in [0, 0.1) is 5.92 Å². The third kappa shape index (κ3) is 0.721. The first-order valence-electron chi connectivity index (χ1n) is 3.16. The Bertz CT molecular complexity index is 146. The molecule has 0 heterocycles. The fraction of sp³-hybridized carbons (Fsp3) is 0.833. The Balaban J connectivity index is 2.64. The van der Waals surface area contributed by atoms with Gasteiger partial charge in [0.25, 0.3) is 0 Å². The summed E-state index contributed by atoms with van der Waals surface area (Å²) in [5.74, 6) is -0.0868. The zero-order valence-electron chi connectivity index (χ0n) is 5.55. The van der Waals surface area contributed by atoms with Crippen LogP contribution in [0.5, 0.6) is 0 Å². The predicted molar refractivity (Wildman–Crippen MR) is 34.5 cm³/mol. The molecular formula is C6H12N2O. The monoisotopic (exact) mass is 128 g/mol. The Morgan fingerprint density at radius 1 is 1.78 bits per heavy atom. The summed E-state index contributed by atoms with van der Waals surface area (Å²) in [6.07, 6.45) is 1.78. The summed E-state index contributed by atoms with van der Waals surface area (Å²) in [5.41, 5.74) is 9.99. The molecule has 1 aliphatic rings. The Labute approximate surface area is 54.4 Å². The van der Waals surface area contributed by atoms with Crippen LogP contribution in [0.15, 0.2) is 0 Å². The van der Waals surface area contributed by atoms with Crippen molar-refractivity contribution >= 4 is 5.91 Å². The zero-order valence-corrected chi connectivity index (χ0v) is 5.55. The molecule has 1 aliphatic carbocycles. The number of carbonyl (C=O) groups excluding carboxylic acids is 1. The molecule has 0 aliphatic heterocycles. The van der Waals surface area contributed by atoms with E-state index < -0.39 is 5.54 Å². The van der Waals surface area contributed by atoms with E-state index in [2.05, 4.69) is 0 Å². The third-order valence-corrected chi connectivity index (χ3v) is 2.33. The molecule has 0 bridgehead atoms. The first kappa shape index (κ1) is 6.55. The summed E-state index contributed by atoms with van der Waals surface area (Å²) in [6, 6.07) is 0. The van der Waals surface area contributed by atoms with Gasteiger partial charge in [-0.15, -0.1) is 0 Å². The average molecular weight is 128 g/mol. The molecule has 0 aromatic heterocycles. The number of primary amides is 1. The Hall–Kier alpha value is -0.570. The molecule has 0 saturated heterocycles. The second-order valence-corrected chi connectivity index (χ2v) is 2.84. The van der Waals surface area contributed by atoms with Gasteiger partial charge >= 0.3 is 0 Å². The van der Waals surface area contributed by atoms with Gasteiger partial charge in [-0.25, -0.2) is 0 Å². The maximum atomic E-state index is 10.6. The molecule has 9 heavy (non-hydrogen) atoms. The maximum absolute atomic E-state index is 10.6. The molecule has 4 N–H and O–H groups in total. The predicted octanol–water partition coefficient (Wildman–Crippen LogP) is -0.401. The molecule has 0 aromatic rings. The minimum absolute atomic E-state index is 0.273. The van der Waals surface area contributed by atoms with Gasteiger partial charge in [-0.1, -0.05) is 6.92 Å². The number of rotatable bonds is 1. The number of nitrogens with two attached hydrogens (primary N) is 2. The quantitative estimate of drug-likeness (QED) is 0.504. The molecule has 1 amide bonds. The van der Waals surface area contributed by atoms with Crippen molar-refractivity contribution in [1.82, 2.24) is 0 Å². The molecule has 0 aromatic carbocycles. The van der Waals surface area contributed by atoms with Gasteiger partial charge in [0.1, 0.15) is 0 Å². The Kier molecular flexibility index (Phi) is 1.24. The minimum atomic E-state index is -0.681. The molecule has 52 valence electrons. The number of hydrogen-bond donors (Lipinski definition) is 2. The summed E-state index contributed by atoms with van der Waals surface area (Å²) in [7, 11) is 0. The minimum Gasteiger partial charge on any atom is -0.368 e. The Morgan fingerprint density at radius 2 is 2.33 bits per heavy atom. The lowest BCUT2D eigenvalue weighted by Gasteiger charge is -2.41. The number of carbonyl (C=O) groups is 1. The first-order chi connectivity index (χ1) is 4.07. The fourth-order valence-corrected chi connectivity index (χ4v) is 1.11. The van der Waals surface area contributed by atoms with E-state index >= 15 is 0 Å². The van der Waals surface area contributed by atoms with Crippen molar-refractivity contribution < 1.29 is 4.79 Å². The molecular weight excluding hydrogens is 116 g/mol. The third-order valence-electron chi connectivity index (χ3n) is 2.33. The summed E-state index contributed by atoms with van der Waals surface area (Å²) in [5, 5.41) is 0. The van der Waals surface area contributed by atoms with Crippen LogP contribution in [0.25, 0.3) is 0 Å². The van der Waals surface area contributed by atoms with Crippen LogP contribution in [-0.4, -0.2) is 11.4 Å². The van der Waals surface area contributed by atoms with Gasteiger partial charge in [-0.3, -0.25) is 4.79 Å². The zero-order chi connectivity index (χ0) is 7.07. The van der Waals surface area contributed by atoms with Crippen molar-refractivity contribution in [1.29, 1.82) is 0 Å². The van der Waals surface area contributed by atoms with Crippen molar-refractivity contribution in [3.05, 3.63) is 0 Å². The van der Waals surface area contributed by atoms with E-state index in [0.29, 0.717) is 0 Å². The van der Waals surface area contributed by atoms with Crippen LogP contribution < -0.4 is 11.5 Å². The summed E-state index contributed by atoms with van der Waals surface area (Å²) < 4.78 is 0. The van der Waals surface area contributed by atoms with E-state index in [1.807, 2.05) is 6.92 Å². The van der Waals surface area contributed by atoms with E-state index in [-0.39, 0.29) is 11.8 Å². The highest BCUT2D eigenvalue weighted by atomic mass is 16.1. The molecule has 1 saturated carbocycles. The van der Waals surface area contributed by atoms with Crippen molar-refractivity contribution in [2.75, 3.05) is 0 Å². The van der Waals surface area contributed by atoms with Crippen LogP contribution >= 0.6 is 0 Å². The van der Waals surface area contributed by atoms with Gasteiger partial charge in [-0.05, 0) is 18.8 Å². The Morgan fingerprint density at radius 3 is 2.33 bits per heavy atom. The normalized spacial score (nSPS) is 41.8. The summed E-state index contributed by atoms with van der Waals surface area (Å²) in [4.78, 5) is 10.6. The van der Waals surface area contributed by atoms with E-state index in [9.17, 15) is 4.79 Å². The van der Waals surface area contributed by atoms with Gasteiger partial charge < -0.3 is 11.5 Å². The van der Waals surface area contributed by atoms with Gasteiger partial charge in [0.15, 0.2) is 0 Å². The van der Waals surface area contributed by atoms with E-state index in [1.54, 1.807) is 0 Å². The lowest BCUT2D eigenvalue weighted by molar-refractivity contribution is -0.128. The van der Waals surface area contributed by atoms with Crippen molar-refractivity contribution in [2.45, 2.75) is 25.3 Å². The summed E-state index contributed by atoms with van der Waals surface area (Å²) >= 11 is 0. The molecule has 0 radical (unpaired) electrons. The molecule has 0 spiro atoms. The van der Waals surface area contributed by atoms with Gasteiger partial charge in [0.05, 0.1) is 5.54 Å². The van der Waals surface area contributed by atoms with Crippen molar-refractivity contribution in [2.24, 2.45) is 17.4 Å². The van der Waals surface area contributed by atoms with Crippen LogP contribution in [0.3, 0.4) is 0 Å². The van der Waals surface area contributed by atoms with Gasteiger partial charge in [-0.2, -0.15) is 0 Å². The van der Waals surface area contributed by atoms with Crippen LogP contribution in [0.1, 0.15) is 19.8 Å². The SMILES string of the molecule is C[C@H]1CC[C@]1(N)C(N)=O.